The normalized spacial score (nSPS) is 16.0. The Balaban J connectivity index is 1.31. The Kier molecular flexibility index (Phi) is 6.99. The van der Waals surface area contributed by atoms with Gasteiger partial charge in [-0.25, -0.2) is 4.79 Å². The van der Waals surface area contributed by atoms with Crippen molar-refractivity contribution in [2.24, 2.45) is 0 Å². The van der Waals surface area contributed by atoms with Gasteiger partial charge in [0, 0.05) is 55.9 Å². The minimum absolute atomic E-state index is 0.00717. The Morgan fingerprint density at radius 2 is 1.82 bits per heavy atom. The van der Waals surface area contributed by atoms with Crippen LogP contribution in [0.2, 0.25) is 0 Å². The van der Waals surface area contributed by atoms with E-state index in [1.807, 2.05) is 9.80 Å². The molecule has 1 aliphatic rings. The zero-order valence-electron chi connectivity index (χ0n) is 18.5. The number of aliphatic hydroxyl groups is 1. The van der Waals surface area contributed by atoms with E-state index < -0.39 is 23.5 Å². The van der Waals surface area contributed by atoms with Crippen LogP contribution >= 0.6 is 0 Å². The van der Waals surface area contributed by atoms with Crippen molar-refractivity contribution in [2.45, 2.75) is 12.3 Å². The third-order valence-corrected chi connectivity index (χ3v) is 5.72. The van der Waals surface area contributed by atoms with Gasteiger partial charge in [-0.05, 0) is 30.3 Å². The van der Waals surface area contributed by atoms with Gasteiger partial charge in [0.05, 0.1) is 12.7 Å². The van der Waals surface area contributed by atoms with E-state index in [4.69, 9.17) is 13.9 Å². The molecule has 0 spiro atoms. The molecule has 2 heterocycles. The molecule has 1 atom stereocenters. The summed E-state index contributed by atoms with van der Waals surface area (Å²) in [5, 5.41) is 11.2. The number of piperazine rings is 1. The summed E-state index contributed by atoms with van der Waals surface area (Å²) in [7, 11) is 1.49. The van der Waals surface area contributed by atoms with E-state index in [-0.39, 0.29) is 6.61 Å². The van der Waals surface area contributed by atoms with Crippen LogP contribution in [0.5, 0.6) is 11.5 Å². The number of hydrogen-bond acceptors (Lipinski definition) is 7. The average molecular weight is 478 g/mol. The number of nitrogens with zero attached hydrogens (tertiary/aromatic N) is 2. The molecule has 2 aromatic carbocycles. The molecular weight excluding hydrogens is 453 g/mol. The average Bonchev–Trinajstić information content (AvgIpc) is 2.82. The molecule has 0 aliphatic carbocycles. The van der Waals surface area contributed by atoms with Crippen molar-refractivity contribution in [3.05, 3.63) is 64.5 Å². The zero-order valence-corrected chi connectivity index (χ0v) is 18.5. The molecule has 34 heavy (non-hydrogen) atoms. The van der Waals surface area contributed by atoms with Crippen molar-refractivity contribution in [2.75, 3.05) is 51.3 Å². The van der Waals surface area contributed by atoms with Crippen LogP contribution in [0.1, 0.15) is 5.56 Å². The van der Waals surface area contributed by atoms with Crippen LogP contribution in [0.15, 0.2) is 57.7 Å². The Bertz CT molecular complexity index is 1190. The topological polar surface area (TPSA) is 75.4 Å². The summed E-state index contributed by atoms with van der Waals surface area (Å²) >= 11 is 0. The second kappa shape index (κ2) is 9.94. The number of anilines is 1. The Labute approximate surface area is 193 Å². The molecular formula is C24H25F3N2O5. The molecule has 4 rings (SSSR count). The van der Waals surface area contributed by atoms with Crippen LogP contribution in [0.25, 0.3) is 11.0 Å². The summed E-state index contributed by atoms with van der Waals surface area (Å²) < 4.78 is 55.2. The standard InChI is InChI=1S/C24H25F3N2O5/c1-32-21-11-16-5-6-23(31)34-20(16)13-22(21)33-15-19(30)14-28-7-9-29(10-8-28)18-4-2-3-17(12-18)24(25,26)27/h2-6,11-13,19,30H,7-10,14-15H2,1H3. The molecule has 3 aromatic rings. The largest absolute Gasteiger partial charge is 0.493 e. The Morgan fingerprint density at radius 3 is 2.53 bits per heavy atom. The summed E-state index contributed by atoms with van der Waals surface area (Å²) in [5.41, 5.74) is -0.256. The lowest BCUT2D eigenvalue weighted by Gasteiger charge is -2.37. The highest BCUT2D eigenvalue weighted by atomic mass is 19.4. The van der Waals surface area contributed by atoms with Gasteiger partial charge in [0.25, 0.3) is 0 Å². The van der Waals surface area contributed by atoms with Gasteiger partial charge in [0.15, 0.2) is 11.5 Å². The molecule has 1 aliphatic heterocycles. The van der Waals surface area contributed by atoms with E-state index in [0.717, 1.165) is 12.1 Å². The molecule has 182 valence electrons. The Morgan fingerprint density at radius 1 is 1.06 bits per heavy atom. The molecule has 10 heteroatoms. The molecule has 1 fully saturated rings. The fourth-order valence-electron chi connectivity index (χ4n) is 3.95. The molecule has 1 aromatic heterocycles. The second-order valence-electron chi connectivity index (χ2n) is 8.10. The first-order valence-corrected chi connectivity index (χ1v) is 10.8. The molecule has 0 saturated carbocycles. The van der Waals surface area contributed by atoms with Gasteiger partial charge in [-0.1, -0.05) is 6.07 Å². The third kappa shape index (κ3) is 5.63. The smallest absolute Gasteiger partial charge is 0.416 e. The van der Waals surface area contributed by atoms with Crippen LogP contribution in [-0.4, -0.2) is 62.6 Å². The fraction of sp³-hybridized carbons (Fsp3) is 0.375. The zero-order chi connectivity index (χ0) is 24.3. The van der Waals surface area contributed by atoms with E-state index in [0.29, 0.717) is 60.9 Å². The van der Waals surface area contributed by atoms with Gasteiger partial charge in [0.2, 0.25) is 0 Å². The minimum atomic E-state index is -4.37. The molecule has 1 N–H and O–H groups in total. The van der Waals surface area contributed by atoms with Crippen molar-refractivity contribution in [3.63, 3.8) is 0 Å². The maximum atomic E-state index is 13.0. The quantitative estimate of drug-likeness (QED) is 0.522. The van der Waals surface area contributed by atoms with Crippen LogP contribution in [0.3, 0.4) is 0 Å². The molecule has 0 radical (unpaired) electrons. The van der Waals surface area contributed by atoms with Crippen LogP contribution in [0.4, 0.5) is 18.9 Å². The highest BCUT2D eigenvalue weighted by Gasteiger charge is 2.31. The fourth-order valence-corrected chi connectivity index (χ4v) is 3.95. The van der Waals surface area contributed by atoms with Crippen molar-refractivity contribution >= 4 is 16.7 Å². The molecule has 1 saturated heterocycles. The second-order valence-corrected chi connectivity index (χ2v) is 8.10. The first-order valence-electron chi connectivity index (χ1n) is 10.8. The maximum Gasteiger partial charge on any atom is 0.416 e. The Hall–Kier alpha value is -3.24. The van der Waals surface area contributed by atoms with Gasteiger partial charge >= 0.3 is 11.8 Å². The van der Waals surface area contributed by atoms with Crippen LogP contribution in [0, 0.1) is 0 Å². The first kappa shape index (κ1) is 23.9. The number of hydrogen-bond donors (Lipinski definition) is 1. The van der Waals surface area contributed by atoms with Crippen molar-refractivity contribution in [1.82, 2.24) is 4.90 Å². The number of fused-ring (bicyclic) bond motifs is 1. The van der Waals surface area contributed by atoms with E-state index in [9.17, 15) is 23.1 Å². The first-order chi connectivity index (χ1) is 16.2. The third-order valence-electron chi connectivity index (χ3n) is 5.72. The van der Waals surface area contributed by atoms with Gasteiger partial charge in [0.1, 0.15) is 18.3 Å². The molecule has 0 amide bonds. The van der Waals surface area contributed by atoms with Crippen molar-refractivity contribution in [3.8, 4) is 11.5 Å². The summed E-state index contributed by atoms with van der Waals surface area (Å²) in [6.07, 6.45) is -5.18. The predicted molar refractivity (Wildman–Crippen MR) is 121 cm³/mol. The maximum absolute atomic E-state index is 13.0. The van der Waals surface area contributed by atoms with Crippen LogP contribution in [-0.2, 0) is 6.18 Å². The number of alkyl halides is 3. The summed E-state index contributed by atoms with van der Waals surface area (Å²) in [5.74, 6) is 0.793. The van der Waals surface area contributed by atoms with E-state index in [1.54, 1.807) is 24.3 Å². The number of ether oxygens (including phenoxy) is 2. The lowest BCUT2D eigenvalue weighted by Crippen LogP contribution is -2.49. The lowest BCUT2D eigenvalue weighted by atomic mass is 10.1. The molecule has 0 bridgehead atoms. The number of rotatable bonds is 7. The van der Waals surface area contributed by atoms with E-state index in [1.165, 1.54) is 19.2 Å². The summed E-state index contributed by atoms with van der Waals surface area (Å²) in [6, 6.07) is 11.5. The number of β-amino-alcohol motifs (C(OH)–C–C–N with tert-alkyl or cyclic N) is 1. The number of halogens is 3. The highest BCUT2D eigenvalue weighted by molar-refractivity contribution is 5.80. The van der Waals surface area contributed by atoms with Crippen molar-refractivity contribution in [1.29, 1.82) is 0 Å². The van der Waals surface area contributed by atoms with E-state index in [2.05, 4.69) is 0 Å². The number of benzene rings is 2. The van der Waals surface area contributed by atoms with Crippen LogP contribution < -0.4 is 20.0 Å². The highest BCUT2D eigenvalue weighted by Crippen LogP contribution is 2.33. The van der Waals surface area contributed by atoms with Gasteiger partial charge in [-0.2, -0.15) is 13.2 Å². The minimum Gasteiger partial charge on any atom is -0.493 e. The molecule has 7 nitrogen and oxygen atoms in total. The summed E-state index contributed by atoms with van der Waals surface area (Å²) in [6.45, 7) is 2.63. The van der Waals surface area contributed by atoms with Gasteiger partial charge in [-0.15, -0.1) is 0 Å². The van der Waals surface area contributed by atoms with E-state index >= 15 is 0 Å². The predicted octanol–water partition coefficient (Wildman–Crippen LogP) is 3.38. The number of aliphatic hydroxyl groups excluding tert-OH is 1. The van der Waals surface area contributed by atoms with Gasteiger partial charge < -0.3 is 23.9 Å². The van der Waals surface area contributed by atoms with Crippen molar-refractivity contribution < 1.29 is 32.2 Å². The summed E-state index contributed by atoms with van der Waals surface area (Å²) in [4.78, 5) is 15.4. The number of methoxy groups -OCH3 is 1. The SMILES string of the molecule is COc1cc2ccc(=O)oc2cc1OCC(O)CN1CCN(c2cccc(C(F)(F)F)c2)CC1. The molecule has 1 unspecified atom stereocenters. The lowest BCUT2D eigenvalue weighted by molar-refractivity contribution is -0.137. The monoisotopic (exact) mass is 478 g/mol. The van der Waals surface area contributed by atoms with Gasteiger partial charge in [-0.3, -0.25) is 4.90 Å².